The van der Waals surface area contributed by atoms with Crippen LogP contribution < -0.4 is 14.2 Å². The summed E-state index contributed by atoms with van der Waals surface area (Å²) in [5.41, 5.74) is 0.0182. The van der Waals surface area contributed by atoms with E-state index in [1.165, 1.54) is 33.5 Å². The lowest BCUT2D eigenvalue weighted by atomic mass is 10.1. The number of hydrogen-bond acceptors (Lipinski definition) is 5. The molecule has 0 atom stereocenters. The zero-order chi connectivity index (χ0) is 14.4. The summed E-state index contributed by atoms with van der Waals surface area (Å²) >= 11 is 0. The molecule has 0 fully saturated rings. The first-order chi connectivity index (χ1) is 9.07. The normalized spacial score (nSPS) is 10.5. The van der Waals surface area contributed by atoms with Gasteiger partial charge in [0, 0.05) is 11.6 Å². The van der Waals surface area contributed by atoms with Crippen LogP contribution in [-0.2, 0) is 4.79 Å². The van der Waals surface area contributed by atoms with E-state index in [0.717, 1.165) is 0 Å². The summed E-state index contributed by atoms with van der Waals surface area (Å²) in [6.45, 7) is 0. The second-order valence-electron chi connectivity index (χ2n) is 3.42. The number of hydrogen-bond donors (Lipinski definition) is 1. The summed E-state index contributed by atoms with van der Waals surface area (Å²) in [6.07, 6.45) is 1.21. The molecule has 1 aromatic carbocycles. The summed E-state index contributed by atoms with van der Waals surface area (Å²) in [4.78, 5) is 10.8. The molecule has 0 aromatic heterocycles. The summed E-state index contributed by atoms with van der Waals surface area (Å²) in [6, 6.07) is 4.70. The van der Waals surface area contributed by atoms with Crippen LogP contribution in [0.15, 0.2) is 17.7 Å². The van der Waals surface area contributed by atoms with Crippen molar-refractivity contribution >= 4 is 12.0 Å². The molecule has 0 aliphatic heterocycles. The van der Waals surface area contributed by atoms with Crippen molar-refractivity contribution in [3.63, 3.8) is 0 Å². The van der Waals surface area contributed by atoms with Crippen molar-refractivity contribution in [3.05, 3.63) is 23.3 Å². The number of carboxylic acids is 1. The lowest BCUT2D eigenvalue weighted by molar-refractivity contribution is -0.132. The zero-order valence-electron chi connectivity index (χ0n) is 10.8. The molecule has 0 saturated carbocycles. The molecule has 19 heavy (non-hydrogen) atoms. The number of nitrogens with zero attached hydrogens (tertiary/aromatic N) is 1. The van der Waals surface area contributed by atoms with E-state index >= 15 is 0 Å². The Hall–Kier alpha value is -2.68. The molecule has 0 unspecified atom stereocenters. The number of nitriles is 1. The average Bonchev–Trinajstić information content (AvgIpc) is 2.43. The third-order valence-electron chi connectivity index (χ3n) is 2.39. The minimum absolute atomic E-state index is 0.381. The Morgan fingerprint density at radius 1 is 1.16 bits per heavy atom. The quantitative estimate of drug-likeness (QED) is 0.642. The number of benzene rings is 1. The van der Waals surface area contributed by atoms with E-state index < -0.39 is 11.5 Å². The molecule has 0 bridgehead atoms. The maximum Gasteiger partial charge on any atom is 0.346 e. The fraction of sp³-hybridized carbons (Fsp3) is 0.231. The van der Waals surface area contributed by atoms with E-state index in [-0.39, 0.29) is 0 Å². The van der Waals surface area contributed by atoms with Gasteiger partial charge in [0.1, 0.15) is 17.4 Å². The molecule has 1 rings (SSSR count). The zero-order valence-corrected chi connectivity index (χ0v) is 10.8. The monoisotopic (exact) mass is 263 g/mol. The van der Waals surface area contributed by atoms with Crippen LogP contribution in [-0.4, -0.2) is 32.4 Å². The summed E-state index contributed by atoms with van der Waals surface area (Å²) in [7, 11) is 4.37. The fourth-order valence-corrected chi connectivity index (χ4v) is 1.46. The summed E-state index contributed by atoms with van der Waals surface area (Å²) < 4.78 is 15.3. The molecule has 6 heteroatoms. The SMILES string of the molecule is COc1cc(OC)c(OC)cc1/C=C(\C#N)C(=O)O. The summed E-state index contributed by atoms with van der Waals surface area (Å²) in [5.74, 6) is -0.0615. The van der Waals surface area contributed by atoms with Gasteiger partial charge < -0.3 is 19.3 Å². The highest BCUT2D eigenvalue weighted by Crippen LogP contribution is 2.35. The second kappa shape index (κ2) is 6.31. The van der Waals surface area contributed by atoms with E-state index in [0.29, 0.717) is 22.8 Å². The van der Waals surface area contributed by atoms with Crippen LogP contribution in [0.4, 0.5) is 0 Å². The summed E-state index contributed by atoms with van der Waals surface area (Å²) in [5, 5.41) is 17.6. The smallest absolute Gasteiger partial charge is 0.346 e. The van der Waals surface area contributed by atoms with Crippen LogP contribution >= 0.6 is 0 Å². The number of carbonyl (C=O) groups is 1. The van der Waals surface area contributed by atoms with Crippen molar-refractivity contribution in [2.45, 2.75) is 0 Å². The van der Waals surface area contributed by atoms with Crippen LogP contribution in [0.2, 0.25) is 0 Å². The van der Waals surface area contributed by atoms with Gasteiger partial charge >= 0.3 is 5.97 Å². The van der Waals surface area contributed by atoms with Gasteiger partial charge in [0.2, 0.25) is 0 Å². The predicted octanol–water partition coefficient (Wildman–Crippen LogP) is 1.70. The van der Waals surface area contributed by atoms with E-state index in [9.17, 15) is 4.79 Å². The van der Waals surface area contributed by atoms with Crippen molar-refractivity contribution in [1.82, 2.24) is 0 Å². The van der Waals surface area contributed by atoms with E-state index in [1.54, 1.807) is 12.1 Å². The molecule has 0 spiro atoms. The largest absolute Gasteiger partial charge is 0.496 e. The van der Waals surface area contributed by atoms with E-state index in [2.05, 4.69) is 0 Å². The first kappa shape index (κ1) is 14.4. The van der Waals surface area contributed by atoms with Crippen LogP contribution in [0, 0.1) is 11.3 Å². The van der Waals surface area contributed by atoms with Crippen LogP contribution in [0.25, 0.3) is 6.08 Å². The van der Waals surface area contributed by atoms with Gasteiger partial charge in [-0.1, -0.05) is 0 Å². The maximum absolute atomic E-state index is 10.8. The Morgan fingerprint density at radius 2 is 1.68 bits per heavy atom. The average molecular weight is 263 g/mol. The number of rotatable bonds is 5. The van der Waals surface area contributed by atoms with Crippen molar-refractivity contribution < 1.29 is 24.1 Å². The molecule has 0 heterocycles. The topological polar surface area (TPSA) is 88.8 Å². The number of ether oxygens (including phenoxy) is 3. The molecule has 0 saturated heterocycles. The highest BCUT2D eigenvalue weighted by molar-refractivity contribution is 5.97. The molecule has 0 aliphatic carbocycles. The van der Waals surface area contributed by atoms with Gasteiger partial charge in [-0.2, -0.15) is 5.26 Å². The highest BCUT2D eigenvalue weighted by Gasteiger charge is 2.13. The predicted molar refractivity (Wildman–Crippen MR) is 67.3 cm³/mol. The third kappa shape index (κ3) is 3.16. The maximum atomic E-state index is 10.8. The lowest BCUT2D eigenvalue weighted by Gasteiger charge is -2.12. The second-order valence-corrected chi connectivity index (χ2v) is 3.42. The lowest BCUT2D eigenvalue weighted by Crippen LogP contribution is -1.99. The third-order valence-corrected chi connectivity index (χ3v) is 2.39. The molecule has 0 radical (unpaired) electrons. The molecule has 1 aromatic rings. The Bertz CT molecular complexity index is 557. The molecule has 0 aliphatic rings. The number of carboxylic acid groups (broad SMARTS) is 1. The van der Waals surface area contributed by atoms with Gasteiger partial charge in [-0.15, -0.1) is 0 Å². The Labute approximate surface area is 110 Å². The molecular weight excluding hydrogens is 250 g/mol. The van der Waals surface area contributed by atoms with Gasteiger partial charge in [0.25, 0.3) is 0 Å². The van der Waals surface area contributed by atoms with Gasteiger partial charge in [-0.3, -0.25) is 0 Å². The van der Waals surface area contributed by atoms with Crippen molar-refractivity contribution in [2.75, 3.05) is 21.3 Å². The Balaban J connectivity index is 3.42. The van der Waals surface area contributed by atoms with Gasteiger partial charge in [-0.05, 0) is 12.1 Å². The Kier molecular flexibility index (Phi) is 4.77. The number of aliphatic carboxylic acids is 1. The van der Waals surface area contributed by atoms with Gasteiger partial charge in [-0.25, -0.2) is 4.79 Å². The Morgan fingerprint density at radius 3 is 2.11 bits per heavy atom. The fourth-order valence-electron chi connectivity index (χ4n) is 1.46. The standard InChI is InChI=1S/C13H13NO5/c1-17-10-6-12(19-3)11(18-2)5-8(10)4-9(7-14)13(15)16/h4-6H,1-3H3,(H,15,16)/b9-4+. The minimum Gasteiger partial charge on any atom is -0.496 e. The molecule has 100 valence electrons. The van der Waals surface area contributed by atoms with Crippen LogP contribution in [0.3, 0.4) is 0 Å². The highest BCUT2D eigenvalue weighted by atomic mass is 16.5. The van der Waals surface area contributed by atoms with Crippen molar-refractivity contribution in [1.29, 1.82) is 5.26 Å². The molecule has 1 N–H and O–H groups in total. The van der Waals surface area contributed by atoms with Crippen LogP contribution in [0.5, 0.6) is 17.2 Å². The van der Waals surface area contributed by atoms with Gasteiger partial charge in [0.05, 0.1) is 21.3 Å². The molecule has 6 nitrogen and oxygen atoms in total. The van der Waals surface area contributed by atoms with E-state index in [4.69, 9.17) is 24.6 Å². The first-order valence-corrected chi connectivity index (χ1v) is 5.22. The number of methoxy groups -OCH3 is 3. The minimum atomic E-state index is -1.31. The molecule has 0 amide bonds. The van der Waals surface area contributed by atoms with Crippen LogP contribution in [0.1, 0.15) is 5.56 Å². The van der Waals surface area contributed by atoms with Crippen molar-refractivity contribution in [3.8, 4) is 23.3 Å². The van der Waals surface area contributed by atoms with Gasteiger partial charge in [0.15, 0.2) is 11.5 Å². The first-order valence-electron chi connectivity index (χ1n) is 5.22. The van der Waals surface area contributed by atoms with Crippen molar-refractivity contribution in [2.24, 2.45) is 0 Å². The molecular formula is C13H13NO5. The van der Waals surface area contributed by atoms with E-state index in [1.807, 2.05) is 0 Å².